The molecule has 2 aromatic carbocycles. The van der Waals surface area contributed by atoms with Crippen molar-refractivity contribution in [2.24, 2.45) is 0 Å². The van der Waals surface area contributed by atoms with Gasteiger partial charge in [0.25, 0.3) is 5.69 Å². The maximum atomic E-state index is 13.0. The molecule has 10 heteroatoms. The number of carbonyl (C=O) groups is 1. The summed E-state index contributed by atoms with van der Waals surface area (Å²) >= 11 is 6.89. The van der Waals surface area contributed by atoms with E-state index in [0.717, 1.165) is 35.6 Å². The van der Waals surface area contributed by atoms with Gasteiger partial charge in [-0.2, -0.15) is 13.2 Å². The molecule has 0 radical (unpaired) electrons. The van der Waals surface area contributed by atoms with E-state index in [4.69, 9.17) is 16.3 Å². The van der Waals surface area contributed by atoms with Gasteiger partial charge in [-0.1, -0.05) is 23.7 Å². The Labute approximate surface area is 165 Å². The second-order valence-corrected chi connectivity index (χ2v) is 6.79. The normalized spacial score (nSPS) is 11.3. The van der Waals surface area contributed by atoms with Crippen LogP contribution in [0.2, 0.25) is 5.02 Å². The lowest BCUT2D eigenvalue weighted by molar-refractivity contribution is -0.385. The summed E-state index contributed by atoms with van der Waals surface area (Å²) in [6.07, 6.45) is -4.67. The van der Waals surface area contributed by atoms with Crippen molar-refractivity contribution in [2.45, 2.75) is 6.18 Å². The fourth-order valence-corrected chi connectivity index (χ4v) is 3.35. The number of ether oxygens (including phenoxy) is 1. The molecule has 0 saturated heterocycles. The van der Waals surface area contributed by atoms with Crippen LogP contribution in [0.5, 0.6) is 11.5 Å². The molecule has 144 valence electrons. The molecule has 0 spiro atoms. The molecule has 0 bridgehead atoms. The van der Waals surface area contributed by atoms with E-state index in [-0.39, 0.29) is 21.9 Å². The van der Waals surface area contributed by atoms with Gasteiger partial charge in [0.1, 0.15) is 17.1 Å². The van der Waals surface area contributed by atoms with Crippen molar-refractivity contribution in [1.29, 1.82) is 0 Å². The average molecular weight is 428 g/mol. The number of rotatable bonds is 5. The fraction of sp³-hybridized carbons (Fsp3) is 0.0556. The number of halogens is 4. The van der Waals surface area contributed by atoms with Crippen molar-refractivity contribution in [3.63, 3.8) is 0 Å². The number of benzene rings is 2. The van der Waals surface area contributed by atoms with Crippen molar-refractivity contribution >= 4 is 34.4 Å². The Kier molecular flexibility index (Phi) is 5.39. The number of nitro groups is 1. The summed E-state index contributed by atoms with van der Waals surface area (Å²) in [6, 6.07) is 9.61. The van der Waals surface area contributed by atoms with E-state index in [0.29, 0.717) is 0 Å². The minimum Gasteiger partial charge on any atom is -0.456 e. The molecule has 1 heterocycles. The molecular weight excluding hydrogens is 419 g/mol. The highest BCUT2D eigenvalue weighted by Crippen LogP contribution is 2.41. The average Bonchev–Trinajstić information content (AvgIpc) is 3.16. The molecule has 5 nitrogen and oxygen atoms in total. The van der Waals surface area contributed by atoms with Crippen molar-refractivity contribution < 1.29 is 27.6 Å². The summed E-state index contributed by atoms with van der Waals surface area (Å²) < 4.78 is 44.3. The number of alkyl halides is 3. The van der Waals surface area contributed by atoms with Crippen LogP contribution in [0.25, 0.3) is 0 Å². The van der Waals surface area contributed by atoms with Crippen LogP contribution < -0.4 is 4.74 Å². The first-order valence-electron chi connectivity index (χ1n) is 7.58. The molecule has 0 unspecified atom stereocenters. The van der Waals surface area contributed by atoms with E-state index < -0.39 is 33.2 Å². The fourth-order valence-electron chi connectivity index (χ4n) is 2.40. The highest BCUT2D eigenvalue weighted by atomic mass is 35.5. The molecular formula is C18H9ClF3NO4S. The predicted octanol–water partition coefficient (Wildman–Crippen LogP) is 6.35. The van der Waals surface area contributed by atoms with Crippen molar-refractivity contribution in [2.75, 3.05) is 0 Å². The molecule has 0 aliphatic heterocycles. The number of nitro benzene ring substituents is 1. The molecule has 0 fully saturated rings. The SMILES string of the molecule is O=C(c1cccs1)c1cc(Oc2cccc(C(F)(F)F)c2Cl)ccc1[N+](=O)[O-]. The zero-order chi connectivity index (χ0) is 20.5. The van der Waals surface area contributed by atoms with Gasteiger partial charge in [0, 0.05) is 6.07 Å². The highest BCUT2D eigenvalue weighted by molar-refractivity contribution is 7.12. The van der Waals surface area contributed by atoms with Gasteiger partial charge in [0.05, 0.1) is 20.4 Å². The summed E-state index contributed by atoms with van der Waals surface area (Å²) in [6.45, 7) is 0. The lowest BCUT2D eigenvalue weighted by Crippen LogP contribution is -2.06. The first kappa shape index (κ1) is 19.8. The molecule has 1 aromatic heterocycles. The van der Waals surface area contributed by atoms with Crippen LogP contribution in [-0.2, 0) is 6.18 Å². The minimum atomic E-state index is -4.67. The third kappa shape index (κ3) is 4.00. The Morgan fingerprint density at radius 3 is 2.50 bits per heavy atom. The minimum absolute atomic E-state index is 0.0632. The number of ketones is 1. The highest BCUT2D eigenvalue weighted by Gasteiger charge is 2.34. The summed E-state index contributed by atoms with van der Waals surface area (Å²) in [4.78, 5) is 23.4. The first-order valence-corrected chi connectivity index (χ1v) is 8.84. The molecule has 28 heavy (non-hydrogen) atoms. The Bertz CT molecular complexity index is 1050. The van der Waals surface area contributed by atoms with E-state index in [2.05, 4.69) is 0 Å². The molecule has 3 aromatic rings. The van der Waals surface area contributed by atoms with E-state index in [1.54, 1.807) is 11.4 Å². The van der Waals surface area contributed by atoms with Gasteiger partial charge in [-0.3, -0.25) is 14.9 Å². The largest absolute Gasteiger partial charge is 0.456 e. The Morgan fingerprint density at radius 2 is 1.89 bits per heavy atom. The van der Waals surface area contributed by atoms with E-state index in [9.17, 15) is 28.1 Å². The quantitative estimate of drug-likeness (QED) is 0.270. The second kappa shape index (κ2) is 7.61. The molecule has 0 amide bonds. The zero-order valence-corrected chi connectivity index (χ0v) is 15.3. The van der Waals surface area contributed by atoms with Gasteiger partial charge in [-0.25, -0.2) is 0 Å². The molecule has 0 atom stereocenters. The predicted molar refractivity (Wildman–Crippen MR) is 97.4 cm³/mol. The Hall–Kier alpha value is -2.91. The van der Waals surface area contributed by atoms with Crippen LogP contribution in [-0.4, -0.2) is 10.7 Å². The Morgan fingerprint density at radius 1 is 1.14 bits per heavy atom. The standard InChI is InChI=1S/C18H9ClF3NO4S/c19-16-12(18(20,21)22)3-1-4-14(16)27-10-6-7-13(23(25)26)11(9-10)17(24)15-5-2-8-28-15/h1-9H. The third-order valence-corrected chi connectivity index (χ3v) is 4.91. The van der Waals surface area contributed by atoms with Crippen molar-refractivity contribution in [3.05, 3.63) is 85.1 Å². The van der Waals surface area contributed by atoms with E-state index in [1.165, 1.54) is 18.2 Å². The lowest BCUT2D eigenvalue weighted by atomic mass is 10.1. The second-order valence-electron chi connectivity index (χ2n) is 5.46. The Balaban J connectivity index is 2.02. The van der Waals surface area contributed by atoms with Crippen LogP contribution in [0.3, 0.4) is 0 Å². The summed E-state index contributed by atoms with van der Waals surface area (Å²) in [5.41, 5.74) is -1.77. The lowest BCUT2D eigenvalue weighted by Gasteiger charge is -2.13. The van der Waals surface area contributed by atoms with Gasteiger partial charge < -0.3 is 4.74 Å². The summed E-state index contributed by atoms with van der Waals surface area (Å²) in [5.74, 6) is -0.950. The van der Waals surface area contributed by atoms with Crippen LogP contribution in [0, 0.1) is 10.1 Å². The first-order chi connectivity index (χ1) is 13.2. The molecule has 3 rings (SSSR count). The van der Waals surface area contributed by atoms with Gasteiger partial charge in [0.2, 0.25) is 5.78 Å². The maximum absolute atomic E-state index is 13.0. The van der Waals surface area contributed by atoms with Crippen LogP contribution in [0.15, 0.2) is 53.9 Å². The van der Waals surface area contributed by atoms with Gasteiger partial charge in [0.15, 0.2) is 0 Å². The number of hydrogen-bond acceptors (Lipinski definition) is 5. The van der Waals surface area contributed by atoms with Gasteiger partial charge in [-0.15, -0.1) is 11.3 Å². The molecule has 0 aliphatic rings. The van der Waals surface area contributed by atoms with Crippen LogP contribution >= 0.6 is 22.9 Å². The van der Waals surface area contributed by atoms with Crippen LogP contribution in [0.4, 0.5) is 18.9 Å². The number of hydrogen-bond donors (Lipinski definition) is 0. The van der Waals surface area contributed by atoms with E-state index >= 15 is 0 Å². The van der Waals surface area contributed by atoms with Gasteiger partial charge >= 0.3 is 6.18 Å². The zero-order valence-electron chi connectivity index (χ0n) is 13.7. The maximum Gasteiger partial charge on any atom is 0.417 e. The number of carbonyl (C=O) groups excluding carboxylic acids is 1. The van der Waals surface area contributed by atoms with Gasteiger partial charge in [-0.05, 0) is 35.7 Å². The number of thiophene rings is 1. The monoisotopic (exact) mass is 427 g/mol. The smallest absolute Gasteiger partial charge is 0.417 e. The topological polar surface area (TPSA) is 69.4 Å². The summed E-state index contributed by atoms with van der Waals surface area (Å²) in [7, 11) is 0. The van der Waals surface area contributed by atoms with Crippen LogP contribution in [0.1, 0.15) is 20.8 Å². The van der Waals surface area contributed by atoms with Crippen molar-refractivity contribution in [1.82, 2.24) is 0 Å². The molecule has 0 saturated carbocycles. The molecule has 0 aliphatic carbocycles. The molecule has 0 N–H and O–H groups in total. The summed E-state index contributed by atoms with van der Waals surface area (Å²) in [5, 5.41) is 12.2. The number of nitrogens with zero attached hydrogens (tertiary/aromatic N) is 1. The van der Waals surface area contributed by atoms with Crippen molar-refractivity contribution in [3.8, 4) is 11.5 Å². The van der Waals surface area contributed by atoms with E-state index in [1.807, 2.05) is 0 Å². The third-order valence-electron chi connectivity index (χ3n) is 3.65.